The normalized spacial score (nSPS) is 14.5. The predicted octanol–water partition coefficient (Wildman–Crippen LogP) is -3.83. The van der Waals surface area contributed by atoms with Crippen LogP contribution in [0.2, 0.25) is 0 Å². The maximum Gasteiger partial charge on any atom is 0.0781 e. The van der Waals surface area contributed by atoms with Gasteiger partial charge in [0.15, 0.2) is 0 Å². The van der Waals surface area contributed by atoms with E-state index < -0.39 is 0 Å². The molecular weight excluding hydrogens is 334 g/mol. The Morgan fingerprint density at radius 3 is 1.32 bits per heavy atom. The smallest absolute Gasteiger partial charge is 0.0781 e. The summed E-state index contributed by atoms with van der Waals surface area (Å²) in [4.78, 5) is 1.79. The monoisotopic (exact) mass is 373 g/mol. The van der Waals surface area contributed by atoms with Crippen molar-refractivity contribution >= 4 is 0 Å². The van der Waals surface area contributed by atoms with Crippen LogP contribution in [0.5, 0.6) is 0 Å². The molecule has 0 radical (unpaired) electrons. The van der Waals surface area contributed by atoms with Gasteiger partial charge in [-0.25, -0.2) is 0 Å². The first kappa shape index (κ1) is 29.4. The van der Waals surface area contributed by atoms with Crippen LogP contribution in [0.4, 0.5) is 0 Å². The molecule has 1 heterocycles. The van der Waals surface area contributed by atoms with Crippen molar-refractivity contribution in [2.45, 2.75) is 13.0 Å². The Bertz CT molecular complexity index is 193. The minimum absolute atomic E-state index is 0.0694. The number of epoxide rings is 1. The van der Waals surface area contributed by atoms with Crippen LogP contribution in [-0.4, -0.2) is 127 Å². The van der Waals surface area contributed by atoms with E-state index in [9.17, 15) is 0 Å². The fourth-order valence-corrected chi connectivity index (χ4v) is 1.14. The molecule has 0 saturated carbocycles. The fraction of sp³-hybridized carbons (Fsp3) is 1.00. The van der Waals surface area contributed by atoms with E-state index >= 15 is 0 Å². The van der Waals surface area contributed by atoms with Gasteiger partial charge in [-0.3, -0.25) is 4.90 Å². The summed E-state index contributed by atoms with van der Waals surface area (Å²) in [6.45, 7) is 6.68. The molecule has 0 aromatic carbocycles. The minimum Gasteiger partial charge on any atom is -0.395 e. The van der Waals surface area contributed by atoms with E-state index in [-0.39, 0.29) is 39.6 Å². The van der Waals surface area contributed by atoms with E-state index in [4.69, 9.17) is 41.1 Å². The van der Waals surface area contributed by atoms with E-state index in [2.05, 4.69) is 12.2 Å². The largest absolute Gasteiger partial charge is 0.395 e. The van der Waals surface area contributed by atoms with Gasteiger partial charge in [-0.1, -0.05) is 0 Å². The molecule has 0 spiro atoms. The van der Waals surface area contributed by atoms with Gasteiger partial charge in [-0.2, -0.15) is 0 Å². The van der Waals surface area contributed by atoms with Gasteiger partial charge < -0.3 is 46.4 Å². The van der Waals surface area contributed by atoms with Gasteiger partial charge in [0.05, 0.1) is 52.4 Å². The number of aliphatic hydroxyl groups excluding tert-OH is 6. The zero-order valence-corrected chi connectivity index (χ0v) is 15.4. The zero-order valence-electron chi connectivity index (χ0n) is 15.4. The van der Waals surface area contributed by atoms with Crippen molar-refractivity contribution in [3.63, 3.8) is 0 Å². The van der Waals surface area contributed by atoms with Crippen LogP contribution in [0.3, 0.4) is 0 Å². The standard InChI is InChI=1S/C6H15NO3.C4H11NO2.C3H6O.C2H7NO/c8-4-1-7(2-5-9)3-6-10;6-3-1-5-2-4-7;1-3-2-4-3;3-1-2-4/h8-10H,1-6H2;5-7H,1-4H2;3H,2H2,1H3;4H,1-3H2. The van der Waals surface area contributed by atoms with Crippen molar-refractivity contribution in [2.75, 3.05) is 85.5 Å². The predicted molar refractivity (Wildman–Crippen MR) is 96.3 cm³/mol. The van der Waals surface area contributed by atoms with Gasteiger partial charge in [-0.05, 0) is 6.92 Å². The number of nitrogens with zero attached hydrogens (tertiary/aromatic N) is 1. The first-order chi connectivity index (χ1) is 12.1. The highest BCUT2D eigenvalue weighted by molar-refractivity contribution is 4.58. The molecule has 1 fully saturated rings. The van der Waals surface area contributed by atoms with Gasteiger partial charge in [0.2, 0.25) is 0 Å². The average molecular weight is 373 g/mol. The Balaban J connectivity index is -0.000000279. The molecule has 1 saturated heterocycles. The summed E-state index contributed by atoms with van der Waals surface area (Å²) < 4.78 is 4.71. The number of nitrogens with two attached hydrogens (primary N) is 1. The molecule has 10 nitrogen and oxygen atoms in total. The highest BCUT2D eigenvalue weighted by atomic mass is 16.6. The van der Waals surface area contributed by atoms with Crippen LogP contribution in [0, 0.1) is 0 Å². The van der Waals surface area contributed by atoms with E-state index in [0.29, 0.717) is 45.4 Å². The lowest BCUT2D eigenvalue weighted by Crippen LogP contribution is -2.32. The van der Waals surface area contributed by atoms with Crippen LogP contribution in [-0.2, 0) is 4.74 Å². The average Bonchev–Trinajstić information content (AvgIpc) is 3.40. The molecule has 0 aromatic rings. The third-order valence-electron chi connectivity index (χ3n) is 2.45. The van der Waals surface area contributed by atoms with E-state index in [1.165, 1.54) is 0 Å². The number of aliphatic hydroxyl groups is 6. The molecule has 0 aliphatic carbocycles. The lowest BCUT2D eigenvalue weighted by atomic mass is 10.4. The molecule has 0 aromatic heterocycles. The maximum atomic E-state index is 8.48. The summed E-state index contributed by atoms with van der Waals surface area (Å²) in [5.41, 5.74) is 4.78. The minimum atomic E-state index is 0.0694. The molecule has 1 aliphatic heterocycles. The molecule has 1 aliphatic rings. The first-order valence-corrected chi connectivity index (χ1v) is 8.47. The molecule has 9 N–H and O–H groups in total. The molecule has 10 heteroatoms. The second kappa shape index (κ2) is 28.4. The summed E-state index contributed by atoms with van der Waals surface area (Å²) in [6.07, 6.45) is 0.583. The molecule has 156 valence electrons. The number of hydrogen-bond donors (Lipinski definition) is 8. The molecule has 25 heavy (non-hydrogen) atoms. The lowest BCUT2D eigenvalue weighted by molar-refractivity contribution is 0.136. The maximum absolute atomic E-state index is 8.48. The summed E-state index contributed by atoms with van der Waals surface area (Å²) >= 11 is 0. The number of ether oxygens (including phenoxy) is 1. The number of nitrogens with one attached hydrogen (secondary N) is 1. The molecule has 1 atom stereocenters. The van der Waals surface area contributed by atoms with Crippen LogP contribution in [0.15, 0.2) is 0 Å². The third kappa shape index (κ3) is 40.0. The van der Waals surface area contributed by atoms with E-state index in [1.807, 2.05) is 0 Å². The van der Waals surface area contributed by atoms with Crippen molar-refractivity contribution in [3.8, 4) is 0 Å². The Hall–Kier alpha value is -0.400. The van der Waals surface area contributed by atoms with Crippen molar-refractivity contribution in [1.82, 2.24) is 10.2 Å². The Kier molecular flexibility index (Phi) is 33.4. The second-order valence-corrected chi connectivity index (χ2v) is 4.87. The molecule has 1 unspecified atom stereocenters. The highest BCUT2D eigenvalue weighted by Crippen LogP contribution is 2.04. The van der Waals surface area contributed by atoms with Crippen LogP contribution >= 0.6 is 0 Å². The van der Waals surface area contributed by atoms with Crippen LogP contribution in [0.1, 0.15) is 6.92 Å². The molecular formula is C15H39N3O7. The summed E-state index contributed by atoms with van der Waals surface area (Å²) in [5, 5.41) is 52.3. The van der Waals surface area contributed by atoms with Crippen molar-refractivity contribution in [1.29, 1.82) is 0 Å². The molecule has 1 rings (SSSR count). The molecule has 0 amide bonds. The number of rotatable bonds is 11. The van der Waals surface area contributed by atoms with Gasteiger partial charge in [-0.15, -0.1) is 0 Å². The van der Waals surface area contributed by atoms with E-state index in [1.54, 1.807) is 4.90 Å². The Morgan fingerprint density at radius 2 is 1.16 bits per heavy atom. The van der Waals surface area contributed by atoms with Gasteiger partial charge in [0.25, 0.3) is 0 Å². The summed E-state index contributed by atoms with van der Waals surface area (Å²) in [7, 11) is 0. The van der Waals surface area contributed by atoms with Crippen molar-refractivity contribution in [3.05, 3.63) is 0 Å². The fourth-order valence-electron chi connectivity index (χ4n) is 1.14. The quantitative estimate of drug-likeness (QED) is 0.132. The van der Waals surface area contributed by atoms with Crippen molar-refractivity contribution in [2.24, 2.45) is 5.73 Å². The summed E-state index contributed by atoms with van der Waals surface area (Å²) in [6, 6.07) is 0. The molecule has 0 bridgehead atoms. The first-order valence-electron chi connectivity index (χ1n) is 8.47. The van der Waals surface area contributed by atoms with Crippen LogP contribution < -0.4 is 11.1 Å². The Labute approximate surface area is 150 Å². The summed E-state index contributed by atoms with van der Waals surface area (Å²) in [5.74, 6) is 0. The van der Waals surface area contributed by atoms with Crippen LogP contribution in [0.25, 0.3) is 0 Å². The topological polar surface area (TPSA) is 175 Å². The number of hydrogen-bond acceptors (Lipinski definition) is 10. The highest BCUT2D eigenvalue weighted by Gasteiger charge is 2.13. The zero-order chi connectivity index (χ0) is 19.8. The van der Waals surface area contributed by atoms with E-state index in [0.717, 1.165) is 6.61 Å². The van der Waals surface area contributed by atoms with Gasteiger partial charge in [0.1, 0.15) is 0 Å². The Morgan fingerprint density at radius 1 is 0.840 bits per heavy atom. The van der Waals surface area contributed by atoms with Gasteiger partial charge >= 0.3 is 0 Å². The lowest BCUT2D eigenvalue weighted by Gasteiger charge is -2.17. The van der Waals surface area contributed by atoms with Crippen molar-refractivity contribution < 1.29 is 35.4 Å². The third-order valence-corrected chi connectivity index (χ3v) is 2.45. The SMILES string of the molecule is CC1CO1.NCCO.OCCN(CCO)CCO.OCCNCCO. The second-order valence-electron chi connectivity index (χ2n) is 4.87. The van der Waals surface area contributed by atoms with Gasteiger partial charge in [0, 0.05) is 39.3 Å².